The highest BCUT2D eigenvalue weighted by molar-refractivity contribution is 7.89. The minimum atomic E-state index is -3.57. The molecule has 0 unspecified atom stereocenters. The van der Waals surface area contributed by atoms with Gasteiger partial charge in [0.15, 0.2) is 0 Å². The molecule has 0 aliphatic carbocycles. The lowest BCUT2D eigenvalue weighted by Gasteiger charge is -2.37. The van der Waals surface area contributed by atoms with Crippen molar-refractivity contribution in [1.29, 1.82) is 0 Å². The SMILES string of the molecule is COCC1(CNS(=O)(=O)c2cnc3ccsc3c2)CCNCC1.Cl. The molecule has 0 amide bonds. The third-order valence-electron chi connectivity index (χ3n) is 4.34. The predicted octanol–water partition coefficient (Wildman–Crippen LogP) is 2.01. The minimum Gasteiger partial charge on any atom is -0.384 e. The highest BCUT2D eigenvalue weighted by Gasteiger charge is 2.33. The van der Waals surface area contributed by atoms with E-state index in [-0.39, 0.29) is 22.7 Å². The van der Waals surface area contributed by atoms with Crippen molar-refractivity contribution in [1.82, 2.24) is 15.0 Å². The monoisotopic (exact) mass is 391 g/mol. The highest BCUT2D eigenvalue weighted by atomic mass is 35.5. The number of rotatable bonds is 6. The number of hydrogen-bond acceptors (Lipinski definition) is 6. The van der Waals surface area contributed by atoms with Crippen LogP contribution in [-0.4, -0.2) is 46.8 Å². The van der Waals surface area contributed by atoms with Crippen LogP contribution in [0.25, 0.3) is 10.2 Å². The van der Waals surface area contributed by atoms with Crippen molar-refractivity contribution in [3.05, 3.63) is 23.7 Å². The smallest absolute Gasteiger partial charge is 0.242 e. The number of nitrogens with one attached hydrogen (secondary N) is 2. The molecule has 0 aromatic carbocycles. The van der Waals surface area contributed by atoms with Crippen molar-refractivity contribution in [3.8, 4) is 0 Å². The van der Waals surface area contributed by atoms with Crippen LogP contribution < -0.4 is 10.0 Å². The van der Waals surface area contributed by atoms with E-state index in [4.69, 9.17) is 4.74 Å². The summed E-state index contributed by atoms with van der Waals surface area (Å²) in [6.07, 6.45) is 3.21. The Morgan fingerprint density at radius 3 is 2.88 bits per heavy atom. The number of halogens is 1. The molecule has 6 nitrogen and oxygen atoms in total. The Balaban J connectivity index is 0.00000208. The van der Waals surface area contributed by atoms with Gasteiger partial charge in [-0.1, -0.05) is 0 Å². The normalized spacial score (nSPS) is 17.5. The summed E-state index contributed by atoms with van der Waals surface area (Å²) in [4.78, 5) is 4.43. The summed E-state index contributed by atoms with van der Waals surface area (Å²) in [7, 11) is -1.91. The van der Waals surface area contributed by atoms with E-state index in [1.807, 2.05) is 11.4 Å². The summed E-state index contributed by atoms with van der Waals surface area (Å²) in [5, 5.41) is 5.21. The van der Waals surface area contributed by atoms with E-state index in [1.165, 1.54) is 17.5 Å². The van der Waals surface area contributed by atoms with Crippen molar-refractivity contribution in [2.45, 2.75) is 17.7 Å². The molecule has 3 heterocycles. The molecule has 2 aromatic heterocycles. The number of ether oxygens (including phenoxy) is 1. The maximum atomic E-state index is 12.6. The molecule has 0 spiro atoms. The molecule has 1 fully saturated rings. The maximum Gasteiger partial charge on any atom is 0.242 e. The predicted molar refractivity (Wildman–Crippen MR) is 98.5 cm³/mol. The summed E-state index contributed by atoms with van der Waals surface area (Å²) in [5.74, 6) is 0. The Bertz CT molecular complexity index is 768. The Labute approximate surface area is 152 Å². The van der Waals surface area contributed by atoms with Gasteiger partial charge in [-0.05, 0) is 43.4 Å². The van der Waals surface area contributed by atoms with Gasteiger partial charge in [-0.25, -0.2) is 13.1 Å². The lowest BCUT2D eigenvalue weighted by molar-refractivity contribution is 0.0577. The molecular weight excluding hydrogens is 370 g/mol. The number of methoxy groups -OCH3 is 1. The summed E-state index contributed by atoms with van der Waals surface area (Å²) in [5.41, 5.74) is 0.677. The number of nitrogens with zero attached hydrogens (tertiary/aromatic N) is 1. The first-order valence-electron chi connectivity index (χ1n) is 7.57. The molecule has 3 rings (SSSR count). The van der Waals surface area contributed by atoms with E-state index in [2.05, 4.69) is 15.0 Å². The van der Waals surface area contributed by atoms with Gasteiger partial charge in [-0.2, -0.15) is 0 Å². The van der Waals surface area contributed by atoms with Crippen molar-refractivity contribution < 1.29 is 13.2 Å². The van der Waals surface area contributed by atoms with Crippen LogP contribution in [-0.2, 0) is 14.8 Å². The van der Waals surface area contributed by atoms with E-state index < -0.39 is 10.0 Å². The molecule has 134 valence electrons. The number of thiophene rings is 1. The number of hydrogen-bond donors (Lipinski definition) is 2. The van der Waals surface area contributed by atoms with Gasteiger partial charge >= 0.3 is 0 Å². The molecule has 1 aliphatic heterocycles. The van der Waals surface area contributed by atoms with E-state index in [0.29, 0.717) is 13.2 Å². The second-order valence-electron chi connectivity index (χ2n) is 5.98. The maximum absolute atomic E-state index is 12.6. The summed E-state index contributed by atoms with van der Waals surface area (Å²) in [6.45, 7) is 2.70. The van der Waals surface area contributed by atoms with Crippen LogP contribution in [0, 0.1) is 5.41 Å². The molecule has 24 heavy (non-hydrogen) atoms. The van der Waals surface area contributed by atoms with Gasteiger partial charge in [0.05, 0.1) is 16.8 Å². The van der Waals surface area contributed by atoms with Crippen LogP contribution in [0.2, 0.25) is 0 Å². The molecular formula is C15H22ClN3O3S2. The zero-order valence-corrected chi connectivity index (χ0v) is 15.9. The first-order valence-corrected chi connectivity index (χ1v) is 9.94. The van der Waals surface area contributed by atoms with Crippen molar-refractivity contribution in [2.75, 3.05) is 33.4 Å². The molecule has 1 aliphatic rings. The van der Waals surface area contributed by atoms with Gasteiger partial charge in [-0.3, -0.25) is 4.98 Å². The number of aromatic nitrogens is 1. The summed E-state index contributed by atoms with van der Waals surface area (Å²) >= 11 is 1.49. The number of fused-ring (bicyclic) bond motifs is 1. The first kappa shape index (κ1) is 19.6. The molecule has 2 N–H and O–H groups in total. The quantitative estimate of drug-likeness (QED) is 0.787. The Kier molecular flexibility index (Phi) is 6.58. The number of piperidine rings is 1. The van der Waals surface area contributed by atoms with E-state index in [0.717, 1.165) is 36.1 Å². The second kappa shape index (κ2) is 8.07. The van der Waals surface area contributed by atoms with Gasteiger partial charge in [0.25, 0.3) is 0 Å². The molecule has 0 radical (unpaired) electrons. The average molecular weight is 392 g/mol. The van der Waals surface area contributed by atoms with Gasteiger partial charge in [0.1, 0.15) is 4.90 Å². The van der Waals surface area contributed by atoms with Crippen LogP contribution in [0.15, 0.2) is 28.6 Å². The van der Waals surface area contributed by atoms with Gasteiger partial charge in [0.2, 0.25) is 10.0 Å². The topological polar surface area (TPSA) is 80.3 Å². The fourth-order valence-corrected chi connectivity index (χ4v) is 4.92. The Morgan fingerprint density at radius 2 is 2.17 bits per heavy atom. The van der Waals surface area contributed by atoms with Crippen molar-refractivity contribution in [3.63, 3.8) is 0 Å². The molecule has 2 aromatic rings. The Morgan fingerprint density at radius 1 is 1.42 bits per heavy atom. The first-order chi connectivity index (χ1) is 11.0. The molecule has 0 saturated carbocycles. The Hall–Kier alpha value is -0.770. The molecule has 1 saturated heterocycles. The fraction of sp³-hybridized carbons (Fsp3) is 0.533. The largest absolute Gasteiger partial charge is 0.384 e. The molecule has 9 heteroatoms. The van der Waals surface area contributed by atoms with Crippen LogP contribution in [0.1, 0.15) is 12.8 Å². The minimum absolute atomic E-state index is 0. The van der Waals surface area contributed by atoms with Gasteiger partial charge < -0.3 is 10.1 Å². The lowest BCUT2D eigenvalue weighted by atomic mass is 9.80. The molecule has 0 atom stereocenters. The van der Waals surface area contributed by atoms with Crippen LogP contribution in [0.4, 0.5) is 0 Å². The van der Waals surface area contributed by atoms with E-state index >= 15 is 0 Å². The van der Waals surface area contributed by atoms with Gasteiger partial charge in [0, 0.05) is 25.3 Å². The van der Waals surface area contributed by atoms with Crippen LogP contribution in [0.3, 0.4) is 0 Å². The van der Waals surface area contributed by atoms with Gasteiger partial charge in [-0.15, -0.1) is 23.7 Å². The van der Waals surface area contributed by atoms with Crippen molar-refractivity contribution in [2.24, 2.45) is 5.41 Å². The highest BCUT2D eigenvalue weighted by Crippen LogP contribution is 2.29. The van der Waals surface area contributed by atoms with E-state index in [9.17, 15) is 8.42 Å². The second-order valence-corrected chi connectivity index (χ2v) is 8.70. The molecule has 0 bridgehead atoms. The zero-order valence-electron chi connectivity index (χ0n) is 13.4. The zero-order chi connectivity index (χ0) is 16.3. The average Bonchev–Trinajstić information content (AvgIpc) is 3.02. The van der Waals surface area contributed by atoms with Crippen LogP contribution in [0.5, 0.6) is 0 Å². The third kappa shape index (κ3) is 4.25. The lowest BCUT2D eigenvalue weighted by Crippen LogP contribution is -2.47. The van der Waals surface area contributed by atoms with Crippen molar-refractivity contribution >= 4 is 44.0 Å². The third-order valence-corrected chi connectivity index (χ3v) is 6.56. The van der Waals surface area contributed by atoms with Crippen LogP contribution >= 0.6 is 23.7 Å². The summed E-state index contributed by atoms with van der Waals surface area (Å²) < 4.78 is 34.1. The fourth-order valence-electron chi connectivity index (χ4n) is 2.94. The summed E-state index contributed by atoms with van der Waals surface area (Å²) in [6, 6.07) is 3.56. The number of pyridine rings is 1. The number of sulfonamides is 1. The standard InChI is InChI=1S/C15H21N3O3S2.ClH/c1-21-11-15(3-5-16-6-4-15)10-18-23(19,20)12-8-14-13(17-9-12)2-7-22-14;/h2,7-9,16,18H,3-6,10-11H2,1H3;1H. The van der Waals surface area contributed by atoms with E-state index in [1.54, 1.807) is 13.2 Å².